The van der Waals surface area contributed by atoms with E-state index >= 15 is 0 Å². The molecule has 5 nitrogen and oxygen atoms in total. The minimum Gasteiger partial charge on any atom is -0.321 e. The second-order valence-electron chi connectivity index (χ2n) is 2.96. The molecule has 1 aromatic heterocycles. The second-order valence-corrected chi connectivity index (χ2v) is 2.96. The number of carbonyl (C=O) groups is 1. The van der Waals surface area contributed by atoms with Crippen molar-refractivity contribution in [3.8, 4) is 0 Å². The lowest BCUT2D eigenvalue weighted by Crippen LogP contribution is -2.05. The minimum atomic E-state index is -0.534. The van der Waals surface area contributed by atoms with Gasteiger partial charge >= 0.3 is 0 Å². The second kappa shape index (κ2) is 3.86. The minimum absolute atomic E-state index is 0.00968. The topological polar surface area (TPSA) is 64.3 Å². The van der Waals surface area contributed by atoms with Crippen molar-refractivity contribution in [1.29, 1.82) is 0 Å². The zero-order valence-corrected chi connectivity index (χ0v) is 7.75. The first-order valence-corrected chi connectivity index (χ1v) is 4.32. The number of imidazole rings is 1. The lowest BCUT2D eigenvalue weighted by Gasteiger charge is -1.98. The molecule has 0 saturated carbocycles. The molecule has 5 heteroatoms. The molecule has 1 aromatic carbocycles. The molecule has 0 saturated heterocycles. The van der Waals surface area contributed by atoms with Crippen LogP contribution in [0.4, 0.5) is 0 Å². The number of hydrogen-bond acceptors (Lipinski definition) is 3. The summed E-state index contributed by atoms with van der Waals surface area (Å²) in [6, 6.07) is 7.42. The maximum absolute atomic E-state index is 11.1. The zero-order valence-electron chi connectivity index (χ0n) is 7.75. The highest BCUT2D eigenvalue weighted by Gasteiger charge is 2.05. The summed E-state index contributed by atoms with van der Waals surface area (Å²) in [6.07, 6.45) is 2.76. The molecule has 0 unspecified atom stereocenters. The van der Waals surface area contributed by atoms with Gasteiger partial charge in [0.15, 0.2) is 0 Å². The van der Waals surface area contributed by atoms with E-state index in [0.29, 0.717) is 0 Å². The standard InChI is InChI=1S/C10H7N3O2/c14-7-12-10(15)5-13-6-11-8-3-1-2-4-9(8)13/h1-4,6H,5H2. The Morgan fingerprint density at radius 3 is 3.07 bits per heavy atom. The van der Waals surface area contributed by atoms with Crippen LogP contribution in [0.2, 0.25) is 0 Å². The maximum atomic E-state index is 11.1. The van der Waals surface area contributed by atoms with E-state index < -0.39 is 5.91 Å². The van der Waals surface area contributed by atoms with Gasteiger partial charge in [-0.15, -0.1) is 4.99 Å². The normalized spacial score (nSPS) is 9.87. The largest absolute Gasteiger partial charge is 0.321 e. The van der Waals surface area contributed by atoms with Crippen LogP contribution in [0.1, 0.15) is 0 Å². The molecule has 0 fully saturated rings. The molecule has 74 valence electrons. The predicted molar refractivity (Wildman–Crippen MR) is 52.9 cm³/mol. The summed E-state index contributed by atoms with van der Waals surface area (Å²) in [5, 5.41) is 0. The summed E-state index contributed by atoms with van der Waals surface area (Å²) in [6.45, 7) is 0.00968. The molecule has 0 aliphatic carbocycles. The van der Waals surface area contributed by atoms with E-state index in [1.807, 2.05) is 24.3 Å². The van der Waals surface area contributed by atoms with Gasteiger partial charge in [0.05, 0.1) is 17.4 Å². The van der Waals surface area contributed by atoms with Gasteiger partial charge in [-0.2, -0.15) is 0 Å². The predicted octanol–water partition coefficient (Wildman–Crippen LogP) is 0.899. The van der Waals surface area contributed by atoms with Crippen LogP contribution in [-0.2, 0) is 16.1 Å². The van der Waals surface area contributed by atoms with Crippen LogP contribution < -0.4 is 0 Å². The number of isocyanates is 1. The fraction of sp³-hybridized carbons (Fsp3) is 0.100. The van der Waals surface area contributed by atoms with Gasteiger partial charge in [-0.05, 0) is 12.1 Å². The van der Waals surface area contributed by atoms with Crippen molar-refractivity contribution in [2.24, 2.45) is 4.99 Å². The van der Waals surface area contributed by atoms with Gasteiger partial charge in [0.1, 0.15) is 6.54 Å². The zero-order chi connectivity index (χ0) is 10.7. The summed E-state index contributed by atoms with van der Waals surface area (Å²) in [4.78, 5) is 28.1. The highest BCUT2D eigenvalue weighted by atomic mass is 16.2. The summed E-state index contributed by atoms with van der Waals surface area (Å²) in [5.74, 6) is -0.534. The monoisotopic (exact) mass is 201 g/mol. The summed E-state index contributed by atoms with van der Waals surface area (Å²) >= 11 is 0. The lowest BCUT2D eigenvalue weighted by atomic mass is 10.3. The Bertz CT molecular complexity index is 553. The molecule has 2 aromatic rings. The summed E-state index contributed by atoms with van der Waals surface area (Å²) in [7, 11) is 0. The molecule has 0 aliphatic rings. The number of aliphatic imine (C=N–C) groups is 1. The third kappa shape index (κ3) is 1.82. The number of hydrogen-bond donors (Lipinski definition) is 0. The first-order valence-electron chi connectivity index (χ1n) is 4.32. The quantitative estimate of drug-likeness (QED) is 0.535. The van der Waals surface area contributed by atoms with Gasteiger partial charge in [0.2, 0.25) is 6.08 Å². The van der Waals surface area contributed by atoms with Gasteiger partial charge in [-0.25, -0.2) is 9.78 Å². The Morgan fingerprint density at radius 2 is 2.27 bits per heavy atom. The first-order chi connectivity index (χ1) is 7.31. The Balaban J connectivity index is 2.36. The number of fused-ring (bicyclic) bond motifs is 1. The molecule has 2 rings (SSSR count). The number of nitrogens with zero attached hydrogens (tertiary/aromatic N) is 3. The van der Waals surface area contributed by atoms with Crippen LogP contribution in [-0.4, -0.2) is 21.5 Å². The van der Waals surface area contributed by atoms with Crippen molar-refractivity contribution in [3.05, 3.63) is 30.6 Å². The molecule has 0 radical (unpaired) electrons. The number of rotatable bonds is 2. The van der Waals surface area contributed by atoms with Crippen molar-refractivity contribution in [2.75, 3.05) is 0 Å². The van der Waals surface area contributed by atoms with E-state index in [1.165, 1.54) is 6.08 Å². The van der Waals surface area contributed by atoms with Gasteiger partial charge in [-0.1, -0.05) is 12.1 Å². The average molecular weight is 201 g/mol. The highest BCUT2D eigenvalue weighted by molar-refractivity contribution is 5.83. The van der Waals surface area contributed by atoms with E-state index in [-0.39, 0.29) is 6.54 Å². The molecule has 1 amide bonds. The maximum Gasteiger partial charge on any atom is 0.276 e. The molecular formula is C10H7N3O2. The third-order valence-corrected chi connectivity index (χ3v) is 2.00. The highest BCUT2D eigenvalue weighted by Crippen LogP contribution is 2.11. The van der Waals surface area contributed by atoms with E-state index in [9.17, 15) is 9.59 Å². The van der Waals surface area contributed by atoms with Crippen LogP contribution in [0.25, 0.3) is 11.0 Å². The van der Waals surface area contributed by atoms with Crippen LogP contribution in [0.3, 0.4) is 0 Å². The lowest BCUT2D eigenvalue weighted by molar-refractivity contribution is -0.118. The molecule has 0 spiro atoms. The van der Waals surface area contributed by atoms with Crippen LogP contribution in [0.5, 0.6) is 0 Å². The first kappa shape index (κ1) is 9.30. The van der Waals surface area contributed by atoms with Gasteiger partial charge in [0, 0.05) is 0 Å². The smallest absolute Gasteiger partial charge is 0.276 e. The fourth-order valence-electron chi connectivity index (χ4n) is 1.37. The van der Waals surface area contributed by atoms with E-state index in [0.717, 1.165) is 11.0 Å². The van der Waals surface area contributed by atoms with E-state index in [1.54, 1.807) is 10.9 Å². The summed E-state index contributed by atoms with van der Waals surface area (Å²) < 4.78 is 1.64. The number of benzene rings is 1. The SMILES string of the molecule is O=C=NC(=O)Cn1cnc2ccccc21. The molecule has 0 bridgehead atoms. The number of para-hydroxylation sites is 2. The van der Waals surface area contributed by atoms with Crippen LogP contribution in [0.15, 0.2) is 35.6 Å². The van der Waals surface area contributed by atoms with Gasteiger partial charge in [-0.3, -0.25) is 4.79 Å². The van der Waals surface area contributed by atoms with Gasteiger partial charge in [0.25, 0.3) is 5.91 Å². The number of carbonyl (C=O) groups excluding carboxylic acids is 2. The summed E-state index contributed by atoms with van der Waals surface area (Å²) in [5.41, 5.74) is 1.65. The van der Waals surface area contributed by atoms with Crippen molar-refractivity contribution in [3.63, 3.8) is 0 Å². The third-order valence-electron chi connectivity index (χ3n) is 2.00. The molecule has 0 atom stereocenters. The van der Waals surface area contributed by atoms with Gasteiger partial charge < -0.3 is 4.57 Å². The molecule has 0 aliphatic heterocycles. The Morgan fingerprint density at radius 1 is 1.47 bits per heavy atom. The average Bonchev–Trinajstić information content (AvgIpc) is 2.62. The Kier molecular flexibility index (Phi) is 2.39. The van der Waals surface area contributed by atoms with Crippen molar-refractivity contribution >= 4 is 23.0 Å². The number of amides is 1. The molecule has 15 heavy (non-hydrogen) atoms. The van der Waals surface area contributed by atoms with E-state index in [2.05, 4.69) is 9.98 Å². The van der Waals surface area contributed by atoms with Crippen LogP contribution in [0, 0.1) is 0 Å². The molecular weight excluding hydrogens is 194 g/mol. The number of aromatic nitrogens is 2. The van der Waals surface area contributed by atoms with Crippen molar-refractivity contribution < 1.29 is 9.59 Å². The van der Waals surface area contributed by atoms with Crippen LogP contribution >= 0.6 is 0 Å². The molecule has 0 N–H and O–H groups in total. The molecule has 1 heterocycles. The Hall–Kier alpha value is -2.26. The Labute approximate surface area is 85.1 Å². The fourth-order valence-corrected chi connectivity index (χ4v) is 1.37. The van der Waals surface area contributed by atoms with E-state index in [4.69, 9.17) is 0 Å². The van der Waals surface area contributed by atoms with Crippen molar-refractivity contribution in [1.82, 2.24) is 9.55 Å². The van der Waals surface area contributed by atoms with Crippen molar-refractivity contribution in [2.45, 2.75) is 6.54 Å².